The number of thiazole rings is 1. The van der Waals surface area contributed by atoms with Gasteiger partial charge in [0.2, 0.25) is 0 Å². The Morgan fingerprint density at radius 1 is 1.37 bits per heavy atom. The Kier molecular flexibility index (Phi) is 4.32. The first-order chi connectivity index (χ1) is 8.79. The van der Waals surface area contributed by atoms with E-state index in [4.69, 9.17) is 0 Å². The molecule has 4 nitrogen and oxygen atoms in total. The van der Waals surface area contributed by atoms with Crippen molar-refractivity contribution in [1.82, 2.24) is 4.98 Å². The van der Waals surface area contributed by atoms with Crippen molar-refractivity contribution in [3.05, 3.63) is 16.1 Å². The Bertz CT molecular complexity index is 522. The van der Waals surface area contributed by atoms with E-state index in [1.54, 1.807) is 20.0 Å². The molecule has 1 saturated carbocycles. The normalized spacial score (nSPS) is 18.7. The van der Waals surface area contributed by atoms with Crippen LogP contribution < -0.4 is 0 Å². The molecule has 1 fully saturated rings. The molecular weight excluding hydrogens is 282 g/mol. The van der Waals surface area contributed by atoms with Gasteiger partial charge >= 0.3 is 0 Å². The minimum atomic E-state index is -3.10. The SMILES string of the molecule is CC(C)(O)c1cnc(CS(=O)(=O)C2CCCCC2)s1. The molecule has 0 spiro atoms. The molecule has 19 heavy (non-hydrogen) atoms. The predicted molar refractivity (Wildman–Crippen MR) is 76.9 cm³/mol. The van der Waals surface area contributed by atoms with Crippen LogP contribution in [-0.4, -0.2) is 23.8 Å². The van der Waals surface area contributed by atoms with E-state index < -0.39 is 15.4 Å². The number of hydrogen-bond acceptors (Lipinski definition) is 5. The van der Waals surface area contributed by atoms with Crippen molar-refractivity contribution < 1.29 is 13.5 Å². The molecule has 0 unspecified atom stereocenters. The lowest BCUT2D eigenvalue weighted by molar-refractivity contribution is 0.0823. The number of nitrogens with zero attached hydrogens (tertiary/aromatic N) is 1. The van der Waals surface area contributed by atoms with Crippen LogP contribution in [0.4, 0.5) is 0 Å². The van der Waals surface area contributed by atoms with E-state index in [0.717, 1.165) is 32.1 Å². The summed E-state index contributed by atoms with van der Waals surface area (Å²) in [7, 11) is -3.10. The average Bonchev–Trinajstić information content (AvgIpc) is 2.78. The minimum absolute atomic E-state index is 0.0123. The van der Waals surface area contributed by atoms with E-state index in [0.29, 0.717) is 9.88 Å². The van der Waals surface area contributed by atoms with Gasteiger partial charge in [0.1, 0.15) is 10.8 Å². The fraction of sp³-hybridized carbons (Fsp3) is 0.769. The van der Waals surface area contributed by atoms with Crippen LogP contribution in [0.15, 0.2) is 6.20 Å². The molecule has 0 saturated heterocycles. The zero-order valence-electron chi connectivity index (χ0n) is 11.4. The van der Waals surface area contributed by atoms with Crippen LogP contribution in [0.1, 0.15) is 55.8 Å². The first-order valence-corrected chi connectivity index (χ1v) is 9.21. The van der Waals surface area contributed by atoms with E-state index in [2.05, 4.69) is 4.98 Å². The molecule has 0 radical (unpaired) electrons. The van der Waals surface area contributed by atoms with Gasteiger partial charge in [-0.25, -0.2) is 13.4 Å². The molecule has 0 aliphatic heterocycles. The van der Waals surface area contributed by atoms with Crippen molar-refractivity contribution in [2.24, 2.45) is 0 Å². The molecule has 1 heterocycles. The molecule has 6 heteroatoms. The zero-order valence-corrected chi connectivity index (χ0v) is 13.1. The highest BCUT2D eigenvalue weighted by Crippen LogP contribution is 2.30. The lowest BCUT2D eigenvalue weighted by Gasteiger charge is -2.21. The van der Waals surface area contributed by atoms with Gasteiger partial charge < -0.3 is 5.11 Å². The molecule has 2 rings (SSSR count). The molecule has 1 aromatic heterocycles. The quantitative estimate of drug-likeness (QED) is 0.928. The van der Waals surface area contributed by atoms with Crippen LogP contribution in [0.25, 0.3) is 0 Å². The van der Waals surface area contributed by atoms with Crippen molar-refractivity contribution in [2.75, 3.05) is 0 Å². The summed E-state index contributed by atoms with van der Waals surface area (Å²) >= 11 is 1.29. The van der Waals surface area contributed by atoms with Gasteiger partial charge in [0.05, 0.1) is 15.7 Å². The average molecular weight is 303 g/mol. The second kappa shape index (κ2) is 5.50. The number of rotatable bonds is 4. The largest absolute Gasteiger partial charge is 0.385 e. The van der Waals surface area contributed by atoms with Gasteiger partial charge in [-0.2, -0.15) is 0 Å². The van der Waals surface area contributed by atoms with Crippen molar-refractivity contribution >= 4 is 21.2 Å². The number of aliphatic hydroxyl groups is 1. The van der Waals surface area contributed by atoms with Crippen molar-refractivity contribution in [3.8, 4) is 0 Å². The third-order valence-corrected chi connectivity index (χ3v) is 7.20. The third-order valence-electron chi connectivity index (χ3n) is 3.54. The van der Waals surface area contributed by atoms with Gasteiger partial charge in [-0.15, -0.1) is 11.3 Å². The van der Waals surface area contributed by atoms with Crippen molar-refractivity contribution in [2.45, 2.75) is 62.6 Å². The van der Waals surface area contributed by atoms with Crippen LogP contribution in [0.5, 0.6) is 0 Å². The molecule has 1 aliphatic carbocycles. The maximum Gasteiger partial charge on any atom is 0.159 e. The highest BCUT2D eigenvalue weighted by Gasteiger charge is 2.29. The number of hydrogen-bond donors (Lipinski definition) is 1. The van der Waals surface area contributed by atoms with Crippen LogP contribution in [0.3, 0.4) is 0 Å². The van der Waals surface area contributed by atoms with Crippen LogP contribution in [0, 0.1) is 0 Å². The Labute approximate surface area is 118 Å². The predicted octanol–water partition coefficient (Wildman–Crippen LogP) is 2.62. The van der Waals surface area contributed by atoms with Gasteiger partial charge in [-0.3, -0.25) is 0 Å². The zero-order chi connectivity index (χ0) is 14.1. The Morgan fingerprint density at radius 3 is 2.53 bits per heavy atom. The molecule has 108 valence electrons. The Balaban J connectivity index is 2.09. The van der Waals surface area contributed by atoms with Crippen LogP contribution in [-0.2, 0) is 21.2 Å². The Hall–Kier alpha value is -0.460. The molecule has 0 atom stereocenters. The van der Waals surface area contributed by atoms with Crippen LogP contribution in [0.2, 0.25) is 0 Å². The topological polar surface area (TPSA) is 67.3 Å². The smallest absolute Gasteiger partial charge is 0.159 e. The number of sulfone groups is 1. The molecular formula is C13H21NO3S2. The third kappa shape index (κ3) is 3.77. The first kappa shape index (κ1) is 14.9. The van der Waals surface area contributed by atoms with Gasteiger partial charge in [-0.05, 0) is 26.7 Å². The summed E-state index contributed by atoms with van der Waals surface area (Å²) in [5.74, 6) is 0.0123. The maximum absolute atomic E-state index is 12.3. The summed E-state index contributed by atoms with van der Waals surface area (Å²) in [5.41, 5.74) is -0.954. The molecule has 0 amide bonds. The van der Waals surface area contributed by atoms with E-state index in [1.165, 1.54) is 11.3 Å². The fourth-order valence-corrected chi connectivity index (χ4v) is 5.52. The van der Waals surface area contributed by atoms with E-state index in [-0.39, 0.29) is 11.0 Å². The van der Waals surface area contributed by atoms with E-state index in [1.807, 2.05) is 0 Å². The second-order valence-electron chi connectivity index (χ2n) is 5.74. The fourth-order valence-electron chi connectivity index (χ4n) is 2.37. The Morgan fingerprint density at radius 2 is 2.00 bits per heavy atom. The molecule has 1 aromatic rings. The standard InChI is InChI=1S/C13H21NO3S2/c1-13(2,15)11-8-14-12(18-11)9-19(16,17)10-6-4-3-5-7-10/h8,10,15H,3-7,9H2,1-2H3. The summed E-state index contributed by atoms with van der Waals surface area (Å²) in [6.45, 7) is 3.36. The maximum atomic E-state index is 12.3. The van der Waals surface area contributed by atoms with Crippen molar-refractivity contribution in [1.29, 1.82) is 0 Å². The molecule has 1 aliphatic rings. The van der Waals surface area contributed by atoms with Crippen molar-refractivity contribution in [3.63, 3.8) is 0 Å². The van der Waals surface area contributed by atoms with Gasteiger partial charge in [0, 0.05) is 6.20 Å². The van der Waals surface area contributed by atoms with Crippen LogP contribution >= 0.6 is 11.3 Å². The summed E-state index contributed by atoms with van der Waals surface area (Å²) < 4.78 is 24.6. The lowest BCUT2D eigenvalue weighted by Crippen LogP contribution is -2.25. The summed E-state index contributed by atoms with van der Waals surface area (Å²) in [6, 6.07) is 0. The lowest BCUT2D eigenvalue weighted by atomic mass is 10.0. The van der Waals surface area contributed by atoms with E-state index in [9.17, 15) is 13.5 Å². The molecule has 0 bridgehead atoms. The van der Waals surface area contributed by atoms with Gasteiger partial charge in [0.25, 0.3) is 0 Å². The van der Waals surface area contributed by atoms with E-state index >= 15 is 0 Å². The molecule has 1 N–H and O–H groups in total. The first-order valence-electron chi connectivity index (χ1n) is 6.68. The highest BCUT2D eigenvalue weighted by molar-refractivity contribution is 7.91. The summed E-state index contributed by atoms with van der Waals surface area (Å²) in [6.07, 6.45) is 6.31. The van der Waals surface area contributed by atoms with Gasteiger partial charge in [-0.1, -0.05) is 19.3 Å². The molecule has 0 aromatic carbocycles. The number of aromatic nitrogens is 1. The van der Waals surface area contributed by atoms with Gasteiger partial charge in [0.15, 0.2) is 9.84 Å². The highest BCUT2D eigenvalue weighted by atomic mass is 32.2. The minimum Gasteiger partial charge on any atom is -0.385 e. The second-order valence-corrected chi connectivity index (χ2v) is 9.14. The monoisotopic (exact) mass is 303 g/mol. The summed E-state index contributed by atoms with van der Waals surface area (Å²) in [4.78, 5) is 4.85. The summed E-state index contributed by atoms with van der Waals surface area (Å²) in [5, 5.41) is 10.3.